The van der Waals surface area contributed by atoms with Crippen LogP contribution in [0, 0.1) is 0 Å². The molecule has 0 radical (unpaired) electrons. The third kappa shape index (κ3) is 10.9. The van der Waals surface area contributed by atoms with E-state index in [-0.39, 0.29) is 18.0 Å². The zero-order chi connectivity index (χ0) is 31.0. The number of methoxy groups -OCH3 is 2. The molecule has 0 saturated heterocycles. The highest BCUT2D eigenvalue weighted by molar-refractivity contribution is 5.89. The summed E-state index contributed by atoms with van der Waals surface area (Å²) in [6, 6.07) is 27.0. The first kappa shape index (κ1) is 32.9. The van der Waals surface area contributed by atoms with Crippen LogP contribution >= 0.6 is 0 Å². The van der Waals surface area contributed by atoms with E-state index in [2.05, 4.69) is 77.7 Å². The summed E-state index contributed by atoms with van der Waals surface area (Å²) in [5, 5.41) is 0. The summed E-state index contributed by atoms with van der Waals surface area (Å²) >= 11 is 0. The van der Waals surface area contributed by atoms with Gasteiger partial charge in [-0.05, 0) is 85.0 Å². The van der Waals surface area contributed by atoms with Gasteiger partial charge in [0.1, 0.15) is 0 Å². The van der Waals surface area contributed by atoms with Gasteiger partial charge >= 0.3 is 11.9 Å². The quantitative estimate of drug-likeness (QED) is 0.121. The Labute approximate surface area is 262 Å². The Kier molecular flexibility index (Phi) is 13.4. The molecule has 1 atom stereocenters. The van der Waals surface area contributed by atoms with Gasteiger partial charge in [0.2, 0.25) is 0 Å². The molecule has 232 valence electrons. The van der Waals surface area contributed by atoms with Crippen molar-refractivity contribution in [3.63, 3.8) is 0 Å². The van der Waals surface area contributed by atoms with Gasteiger partial charge < -0.3 is 14.2 Å². The molecule has 1 aliphatic carbocycles. The van der Waals surface area contributed by atoms with Crippen molar-refractivity contribution in [2.45, 2.75) is 64.2 Å². The van der Waals surface area contributed by atoms with Crippen LogP contribution in [0.5, 0.6) is 0 Å². The van der Waals surface area contributed by atoms with Crippen LogP contribution < -0.4 is 0 Å². The van der Waals surface area contributed by atoms with Gasteiger partial charge in [-0.1, -0.05) is 85.0 Å². The number of aryl methyl sites for hydroxylation is 2. The van der Waals surface area contributed by atoms with Gasteiger partial charge in [0.15, 0.2) is 0 Å². The lowest BCUT2D eigenvalue weighted by Gasteiger charge is -2.30. The molecule has 0 amide bonds. The number of esters is 2. The maximum Gasteiger partial charge on any atom is 0.337 e. The van der Waals surface area contributed by atoms with Crippen LogP contribution in [0.4, 0.5) is 0 Å². The van der Waals surface area contributed by atoms with Gasteiger partial charge in [-0.25, -0.2) is 4.79 Å². The van der Waals surface area contributed by atoms with Crippen molar-refractivity contribution in [3.05, 3.63) is 130 Å². The van der Waals surface area contributed by atoms with Crippen molar-refractivity contribution in [1.82, 2.24) is 4.90 Å². The van der Waals surface area contributed by atoms with Gasteiger partial charge in [0.05, 0.1) is 32.5 Å². The molecule has 0 saturated carbocycles. The number of benzene rings is 3. The van der Waals surface area contributed by atoms with Gasteiger partial charge in [0, 0.05) is 19.5 Å². The van der Waals surface area contributed by atoms with E-state index >= 15 is 0 Å². The topological polar surface area (TPSA) is 65.1 Å². The molecule has 3 aromatic carbocycles. The van der Waals surface area contributed by atoms with Crippen molar-refractivity contribution >= 4 is 11.9 Å². The first-order chi connectivity index (χ1) is 21.5. The zero-order valence-corrected chi connectivity index (χ0v) is 26.1. The molecule has 3 aromatic rings. The highest BCUT2D eigenvalue weighted by atomic mass is 16.5. The number of unbranched alkanes of at least 4 members (excludes halogenated alkanes) is 1. The average molecular weight is 596 g/mol. The number of ether oxygens (including phenoxy) is 3. The van der Waals surface area contributed by atoms with Crippen molar-refractivity contribution < 1.29 is 23.8 Å². The van der Waals surface area contributed by atoms with E-state index in [1.54, 1.807) is 0 Å². The molecular formula is C38H45NO5. The van der Waals surface area contributed by atoms with E-state index in [0.29, 0.717) is 25.1 Å². The second-order valence-electron chi connectivity index (χ2n) is 11.3. The first-order valence-electron chi connectivity index (χ1n) is 15.6. The molecular weight excluding hydrogens is 550 g/mol. The molecule has 0 bridgehead atoms. The minimum atomic E-state index is -0.341. The Bertz CT molecular complexity index is 1360. The van der Waals surface area contributed by atoms with Crippen LogP contribution in [0.15, 0.2) is 103 Å². The number of hydrogen-bond acceptors (Lipinski definition) is 6. The Morgan fingerprint density at radius 2 is 1.48 bits per heavy atom. The summed E-state index contributed by atoms with van der Waals surface area (Å²) in [4.78, 5) is 26.0. The fraction of sp³-hybridized carbons (Fsp3) is 0.368. The summed E-state index contributed by atoms with van der Waals surface area (Å²) in [7, 11) is 2.82. The Hall–Kier alpha value is -4.00. The molecule has 0 aromatic heterocycles. The molecule has 44 heavy (non-hydrogen) atoms. The van der Waals surface area contributed by atoms with Crippen LogP contribution in [0.3, 0.4) is 0 Å². The summed E-state index contributed by atoms with van der Waals surface area (Å²) < 4.78 is 16.3. The zero-order valence-electron chi connectivity index (χ0n) is 26.1. The van der Waals surface area contributed by atoms with Crippen molar-refractivity contribution in [3.8, 4) is 0 Å². The van der Waals surface area contributed by atoms with E-state index in [0.717, 1.165) is 62.7 Å². The lowest BCUT2D eigenvalue weighted by molar-refractivity contribution is -0.140. The smallest absolute Gasteiger partial charge is 0.337 e. The molecule has 6 nitrogen and oxygen atoms in total. The Morgan fingerprint density at radius 1 is 0.795 bits per heavy atom. The van der Waals surface area contributed by atoms with Crippen LogP contribution in [-0.4, -0.2) is 50.3 Å². The van der Waals surface area contributed by atoms with Gasteiger partial charge in [-0.2, -0.15) is 0 Å². The maximum atomic E-state index is 11.9. The standard InChI is InChI=1S/C38H45NO5/c1-42-37(40)15-9-10-26-39(27-32-22-24-35(25-23-32)38(41)43-2)28-36(34-13-7-4-8-14-34)44-29-33-20-18-31(19-21-33)17-16-30-11-5-3-6-12-30/h3-7,11-13,18-25,36H,8-10,14-17,26-29H2,1-2H3. The van der Waals surface area contributed by atoms with E-state index in [1.165, 1.54) is 30.9 Å². The van der Waals surface area contributed by atoms with E-state index in [4.69, 9.17) is 14.2 Å². The number of nitrogens with zero attached hydrogens (tertiary/aromatic N) is 1. The van der Waals surface area contributed by atoms with Crippen LogP contribution in [-0.2, 0) is 45.0 Å². The summed E-state index contributed by atoms with van der Waals surface area (Å²) in [6.45, 7) is 2.79. The molecule has 0 aliphatic heterocycles. The number of hydrogen-bond donors (Lipinski definition) is 0. The van der Waals surface area contributed by atoms with Crippen molar-refractivity contribution in [1.29, 1.82) is 0 Å². The fourth-order valence-electron chi connectivity index (χ4n) is 5.40. The molecule has 4 rings (SSSR count). The molecule has 0 heterocycles. The molecule has 1 aliphatic rings. The van der Waals surface area contributed by atoms with E-state index in [1.807, 2.05) is 24.3 Å². The predicted octanol–water partition coefficient (Wildman–Crippen LogP) is 7.27. The lowest BCUT2D eigenvalue weighted by atomic mass is 9.98. The molecule has 0 fully saturated rings. The number of rotatable bonds is 17. The average Bonchev–Trinajstić information content (AvgIpc) is 3.08. The first-order valence-corrected chi connectivity index (χ1v) is 15.6. The highest BCUT2D eigenvalue weighted by Gasteiger charge is 2.21. The largest absolute Gasteiger partial charge is 0.469 e. The lowest BCUT2D eigenvalue weighted by Crippen LogP contribution is -2.36. The molecule has 6 heteroatoms. The second-order valence-corrected chi connectivity index (χ2v) is 11.3. The molecule has 0 N–H and O–H groups in total. The van der Waals surface area contributed by atoms with Crippen LogP contribution in [0.1, 0.15) is 64.7 Å². The molecule has 1 unspecified atom stereocenters. The van der Waals surface area contributed by atoms with Gasteiger partial charge in [-0.15, -0.1) is 0 Å². The van der Waals surface area contributed by atoms with Crippen molar-refractivity contribution in [2.24, 2.45) is 0 Å². The van der Waals surface area contributed by atoms with Gasteiger partial charge in [-0.3, -0.25) is 9.69 Å². The third-order valence-electron chi connectivity index (χ3n) is 8.02. The monoisotopic (exact) mass is 595 g/mol. The number of allylic oxidation sites excluding steroid dienone is 3. The van der Waals surface area contributed by atoms with Crippen LogP contribution in [0.25, 0.3) is 0 Å². The number of carbonyl (C=O) groups excluding carboxylic acids is 2. The maximum absolute atomic E-state index is 11.9. The van der Waals surface area contributed by atoms with Gasteiger partial charge in [0.25, 0.3) is 0 Å². The van der Waals surface area contributed by atoms with Crippen molar-refractivity contribution in [2.75, 3.05) is 27.3 Å². The summed E-state index contributed by atoms with van der Waals surface area (Å²) in [5.74, 6) is -0.521. The minimum Gasteiger partial charge on any atom is -0.469 e. The normalized spacial score (nSPS) is 13.4. The predicted molar refractivity (Wildman–Crippen MR) is 174 cm³/mol. The summed E-state index contributed by atoms with van der Waals surface area (Å²) in [5.41, 5.74) is 6.78. The highest BCUT2D eigenvalue weighted by Crippen LogP contribution is 2.22. The summed E-state index contributed by atoms with van der Waals surface area (Å²) in [6.07, 6.45) is 12.5. The Morgan fingerprint density at radius 3 is 2.14 bits per heavy atom. The van der Waals surface area contributed by atoms with E-state index in [9.17, 15) is 9.59 Å². The van der Waals surface area contributed by atoms with E-state index < -0.39 is 0 Å². The number of carbonyl (C=O) groups is 2. The molecule has 0 spiro atoms. The Balaban J connectivity index is 1.41. The SMILES string of the molecule is COC(=O)CCCCN(Cc1ccc(C(=O)OC)cc1)CC(OCc1ccc(CCc2ccccc2)cc1)C1=CC=CCC1. The van der Waals surface area contributed by atoms with Crippen LogP contribution in [0.2, 0.25) is 0 Å². The second kappa shape index (κ2) is 18.0. The minimum absolute atomic E-state index is 0.0624. The fourth-order valence-corrected chi connectivity index (χ4v) is 5.40. The third-order valence-corrected chi connectivity index (χ3v) is 8.02.